The number of hydrogen-bond donors (Lipinski definition) is 2. The third kappa shape index (κ3) is 2.42. The van der Waals surface area contributed by atoms with Gasteiger partial charge in [-0.1, -0.05) is 44.2 Å². The lowest BCUT2D eigenvalue weighted by molar-refractivity contribution is -0.110. The van der Waals surface area contributed by atoms with Crippen LogP contribution in [-0.2, 0) is 4.79 Å². The predicted molar refractivity (Wildman–Crippen MR) is 87.9 cm³/mol. The van der Waals surface area contributed by atoms with Gasteiger partial charge in [-0.15, -0.1) is 0 Å². The molecule has 3 rings (SSSR count). The van der Waals surface area contributed by atoms with Gasteiger partial charge in [-0.2, -0.15) is 0 Å². The maximum Gasteiger partial charge on any atom is 0.256 e. The van der Waals surface area contributed by atoms with E-state index in [1.807, 2.05) is 48.5 Å². The molecule has 0 radical (unpaired) electrons. The molecule has 0 spiro atoms. The van der Waals surface area contributed by atoms with Crippen LogP contribution in [0.3, 0.4) is 0 Å². The molecule has 3 nitrogen and oxygen atoms in total. The fourth-order valence-corrected chi connectivity index (χ4v) is 2.66. The number of amides is 1. The van der Waals surface area contributed by atoms with E-state index >= 15 is 0 Å². The Morgan fingerprint density at radius 3 is 2.62 bits per heavy atom. The molecule has 0 aromatic heterocycles. The summed E-state index contributed by atoms with van der Waals surface area (Å²) in [5, 5.41) is 2.87. The summed E-state index contributed by atoms with van der Waals surface area (Å²) in [5.74, 6) is 0.324. The average molecular weight is 278 g/mol. The third-order valence-corrected chi connectivity index (χ3v) is 3.75. The number of anilines is 2. The van der Waals surface area contributed by atoms with Gasteiger partial charge < -0.3 is 11.1 Å². The first kappa shape index (κ1) is 13.4. The van der Waals surface area contributed by atoms with Crippen molar-refractivity contribution < 1.29 is 4.79 Å². The van der Waals surface area contributed by atoms with Crippen LogP contribution < -0.4 is 11.1 Å². The van der Waals surface area contributed by atoms with Crippen molar-refractivity contribution in [3.05, 3.63) is 59.2 Å². The van der Waals surface area contributed by atoms with Crippen LogP contribution in [0.5, 0.6) is 0 Å². The highest BCUT2D eigenvalue weighted by molar-refractivity contribution is 6.34. The van der Waals surface area contributed by atoms with Gasteiger partial charge in [0.05, 0.1) is 0 Å². The molecule has 3 heteroatoms. The highest BCUT2D eigenvalue weighted by atomic mass is 16.2. The van der Waals surface area contributed by atoms with Gasteiger partial charge in [-0.25, -0.2) is 0 Å². The second-order valence-electron chi connectivity index (χ2n) is 5.60. The molecule has 2 aromatic rings. The zero-order valence-electron chi connectivity index (χ0n) is 12.2. The van der Waals surface area contributed by atoms with Crippen LogP contribution >= 0.6 is 0 Å². The fourth-order valence-electron chi connectivity index (χ4n) is 2.66. The van der Waals surface area contributed by atoms with E-state index in [2.05, 4.69) is 19.2 Å². The maximum atomic E-state index is 12.1. The normalized spacial score (nSPS) is 15.4. The topological polar surface area (TPSA) is 55.1 Å². The number of para-hydroxylation sites is 1. The minimum Gasteiger partial charge on any atom is -0.398 e. The van der Waals surface area contributed by atoms with E-state index in [0.29, 0.717) is 11.5 Å². The molecule has 2 aromatic carbocycles. The summed E-state index contributed by atoms with van der Waals surface area (Å²) in [4.78, 5) is 12.1. The summed E-state index contributed by atoms with van der Waals surface area (Å²) >= 11 is 0. The van der Waals surface area contributed by atoms with Crippen LogP contribution in [0, 0.1) is 0 Å². The van der Waals surface area contributed by atoms with Gasteiger partial charge in [-0.3, -0.25) is 4.79 Å². The molecule has 0 aliphatic carbocycles. The minimum atomic E-state index is -0.0669. The highest BCUT2D eigenvalue weighted by Gasteiger charge is 2.23. The Balaban J connectivity index is 2.03. The summed E-state index contributed by atoms with van der Waals surface area (Å²) in [6.45, 7) is 4.23. The van der Waals surface area contributed by atoms with E-state index < -0.39 is 0 Å². The number of rotatable bonds is 2. The smallest absolute Gasteiger partial charge is 0.256 e. The first-order valence-corrected chi connectivity index (χ1v) is 7.08. The Bertz CT molecular complexity index is 745. The Hall–Kier alpha value is -2.55. The second-order valence-corrected chi connectivity index (χ2v) is 5.60. The minimum absolute atomic E-state index is 0.0669. The van der Waals surface area contributed by atoms with Crippen LogP contribution in [0.25, 0.3) is 11.6 Å². The predicted octanol–water partition coefficient (Wildman–Crippen LogP) is 3.88. The van der Waals surface area contributed by atoms with Crippen molar-refractivity contribution >= 4 is 28.9 Å². The van der Waals surface area contributed by atoms with Crippen molar-refractivity contribution in [1.29, 1.82) is 0 Å². The van der Waals surface area contributed by atoms with E-state index in [-0.39, 0.29) is 5.91 Å². The molecule has 1 amide bonds. The SMILES string of the molecule is CC(C)c1ccc(/C=C2/C(=O)Nc3ccccc32)cc1N. The van der Waals surface area contributed by atoms with Gasteiger partial charge in [0.15, 0.2) is 0 Å². The van der Waals surface area contributed by atoms with Crippen LogP contribution in [0.1, 0.15) is 36.5 Å². The number of hydrogen-bond acceptors (Lipinski definition) is 2. The summed E-state index contributed by atoms with van der Waals surface area (Å²) in [5.41, 5.74) is 11.4. The molecule has 0 atom stereocenters. The first-order valence-electron chi connectivity index (χ1n) is 7.08. The molecule has 21 heavy (non-hydrogen) atoms. The highest BCUT2D eigenvalue weighted by Crippen LogP contribution is 2.33. The van der Waals surface area contributed by atoms with Crippen LogP contribution in [0.2, 0.25) is 0 Å². The molecule has 0 saturated heterocycles. The lowest BCUT2D eigenvalue weighted by atomic mass is 9.98. The van der Waals surface area contributed by atoms with Gasteiger partial charge in [0, 0.05) is 22.5 Å². The monoisotopic (exact) mass is 278 g/mol. The number of benzene rings is 2. The first-order chi connectivity index (χ1) is 10.1. The fraction of sp³-hybridized carbons (Fsp3) is 0.167. The lowest BCUT2D eigenvalue weighted by Gasteiger charge is -2.10. The van der Waals surface area contributed by atoms with Crippen LogP contribution in [0.15, 0.2) is 42.5 Å². The standard InChI is InChI=1S/C18H18N2O/c1-11(2)13-8-7-12(10-16(13)19)9-15-14-5-3-4-6-17(14)20-18(15)21/h3-11H,19H2,1-2H3,(H,20,21)/b15-9+. The molecule has 3 N–H and O–H groups in total. The van der Waals surface area contributed by atoms with Crippen LogP contribution in [-0.4, -0.2) is 5.91 Å². The molecule has 1 heterocycles. The molecule has 106 valence electrons. The molecule has 0 bridgehead atoms. The van der Waals surface area contributed by atoms with E-state index in [1.165, 1.54) is 0 Å². The molecule has 1 aliphatic heterocycles. The number of nitrogens with one attached hydrogen (secondary N) is 1. The number of nitrogens with two attached hydrogens (primary N) is 1. The molecule has 0 fully saturated rings. The second kappa shape index (κ2) is 5.09. The van der Waals surface area contributed by atoms with Crippen molar-refractivity contribution in [3.8, 4) is 0 Å². The number of carbonyl (C=O) groups excluding carboxylic acids is 1. The van der Waals surface area contributed by atoms with E-state index in [1.54, 1.807) is 0 Å². The van der Waals surface area contributed by atoms with Gasteiger partial charge in [-0.05, 0) is 35.3 Å². The lowest BCUT2D eigenvalue weighted by Crippen LogP contribution is -2.03. The van der Waals surface area contributed by atoms with Gasteiger partial charge in [0.1, 0.15) is 0 Å². The molecular weight excluding hydrogens is 260 g/mol. The third-order valence-electron chi connectivity index (χ3n) is 3.75. The van der Waals surface area contributed by atoms with Crippen molar-refractivity contribution in [2.24, 2.45) is 0 Å². The summed E-state index contributed by atoms with van der Waals surface area (Å²) < 4.78 is 0. The Labute approximate surface area is 124 Å². The van der Waals surface area contributed by atoms with Crippen molar-refractivity contribution in [1.82, 2.24) is 0 Å². The molecule has 1 aliphatic rings. The number of nitrogen functional groups attached to an aromatic ring is 1. The van der Waals surface area contributed by atoms with Crippen molar-refractivity contribution in [2.75, 3.05) is 11.1 Å². The Kier molecular flexibility index (Phi) is 3.26. The average Bonchev–Trinajstić information content (AvgIpc) is 2.75. The quantitative estimate of drug-likeness (QED) is 0.647. The Morgan fingerprint density at radius 2 is 1.90 bits per heavy atom. The van der Waals surface area contributed by atoms with Crippen molar-refractivity contribution in [2.45, 2.75) is 19.8 Å². The summed E-state index contributed by atoms with van der Waals surface area (Å²) in [6, 6.07) is 13.7. The Morgan fingerprint density at radius 1 is 1.14 bits per heavy atom. The number of fused-ring (bicyclic) bond motifs is 1. The van der Waals surface area contributed by atoms with E-state index in [4.69, 9.17) is 5.73 Å². The molecular formula is C18H18N2O. The van der Waals surface area contributed by atoms with Crippen molar-refractivity contribution in [3.63, 3.8) is 0 Å². The largest absolute Gasteiger partial charge is 0.398 e. The molecule has 0 saturated carbocycles. The number of carbonyl (C=O) groups is 1. The van der Waals surface area contributed by atoms with Gasteiger partial charge in [0.25, 0.3) is 5.91 Å². The zero-order chi connectivity index (χ0) is 15.0. The summed E-state index contributed by atoms with van der Waals surface area (Å²) in [7, 11) is 0. The van der Waals surface area contributed by atoms with E-state index in [9.17, 15) is 4.79 Å². The summed E-state index contributed by atoms with van der Waals surface area (Å²) in [6.07, 6.45) is 1.89. The van der Waals surface area contributed by atoms with Gasteiger partial charge in [0.2, 0.25) is 0 Å². The maximum absolute atomic E-state index is 12.1. The van der Waals surface area contributed by atoms with E-state index in [0.717, 1.165) is 28.1 Å². The molecule has 0 unspecified atom stereocenters. The zero-order valence-corrected chi connectivity index (χ0v) is 12.2. The van der Waals surface area contributed by atoms with Gasteiger partial charge >= 0.3 is 0 Å². The van der Waals surface area contributed by atoms with Crippen LogP contribution in [0.4, 0.5) is 11.4 Å².